The summed E-state index contributed by atoms with van der Waals surface area (Å²) in [5.74, 6) is -0.767. The lowest BCUT2D eigenvalue weighted by Crippen LogP contribution is -2.39. The van der Waals surface area contributed by atoms with Gasteiger partial charge in [0.25, 0.3) is 0 Å². The molecule has 0 spiro atoms. The SMILES string of the molecule is C[C@@H](O)[C@@H](Nc1ncnc2ccc(Br)cc12)C(=O)O. The molecule has 2 rings (SSSR count). The van der Waals surface area contributed by atoms with E-state index in [1.54, 1.807) is 12.1 Å². The van der Waals surface area contributed by atoms with Crippen molar-refractivity contribution < 1.29 is 15.0 Å². The fraction of sp³-hybridized carbons (Fsp3) is 0.250. The van der Waals surface area contributed by atoms with E-state index >= 15 is 0 Å². The van der Waals surface area contributed by atoms with E-state index in [9.17, 15) is 9.90 Å². The molecule has 0 fully saturated rings. The number of halogens is 1. The number of fused-ring (bicyclic) bond motifs is 1. The first-order chi connectivity index (χ1) is 8.99. The smallest absolute Gasteiger partial charge is 0.328 e. The number of hydrogen-bond donors (Lipinski definition) is 3. The zero-order valence-corrected chi connectivity index (χ0v) is 11.6. The third-order valence-electron chi connectivity index (χ3n) is 2.64. The van der Waals surface area contributed by atoms with Crippen LogP contribution >= 0.6 is 15.9 Å². The Bertz CT molecular complexity index is 618. The minimum Gasteiger partial charge on any atom is -0.480 e. The first kappa shape index (κ1) is 13.7. The molecule has 0 amide bonds. The van der Waals surface area contributed by atoms with Gasteiger partial charge in [0.05, 0.1) is 11.6 Å². The van der Waals surface area contributed by atoms with Crippen LogP contribution in [0.25, 0.3) is 10.9 Å². The number of nitrogens with one attached hydrogen (secondary N) is 1. The predicted molar refractivity (Wildman–Crippen MR) is 74.0 cm³/mol. The highest BCUT2D eigenvalue weighted by atomic mass is 79.9. The van der Waals surface area contributed by atoms with Gasteiger partial charge in [0, 0.05) is 9.86 Å². The maximum Gasteiger partial charge on any atom is 0.328 e. The van der Waals surface area contributed by atoms with Gasteiger partial charge in [-0.25, -0.2) is 14.8 Å². The van der Waals surface area contributed by atoms with E-state index in [4.69, 9.17) is 5.11 Å². The number of aliphatic carboxylic acids is 1. The third kappa shape index (κ3) is 2.99. The summed E-state index contributed by atoms with van der Waals surface area (Å²) >= 11 is 3.34. The van der Waals surface area contributed by atoms with E-state index in [1.165, 1.54) is 13.3 Å². The van der Waals surface area contributed by atoms with Crippen LogP contribution in [0.2, 0.25) is 0 Å². The van der Waals surface area contributed by atoms with Crippen molar-refractivity contribution in [1.29, 1.82) is 0 Å². The third-order valence-corrected chi connectivity index (χ3v) is 3.13. The Morgan fingerprint density at radius 2 is 2.16 bits per heavy atom. The van der Waals surface area contributed by atoms with Crippen LogP contribution in [0.15, 0.2) is 29.0 Å². The van der Waals surface area contributed by atoms with Crippen molar-refractivity contribution in [1.82, 2.24) is 9.97 Å². The molecule has 0 radical (unpaired) electrons. The van der Waals surface area contributed by atoms with Gasteiger partial charge in [-0.2, -0.15) is 0 Å². The first-order valence-electron chi connectivity index (χ1n) is 5.56. The number of aromatic nitrogens is 2. The topological polar surface area (TPSA) is 95.3 Å². The molecule has 0 aliphatic heterocycles. The lowest BCUT2D eigenvalue weighted by atomic mass is 10.1. The number of aliphatic hydroxyl groups excluding tert-OH is 1. The highest BCUT2D eigenvalue weighted by Gasteiger charge is 2.24. The summed E-state index contributed by atoms with van der Waals surface area (Å²) in [7, 11) is 0. The average Bonchev–Trinajstić information content (AvgIpc) is 2.35. The molecule has 2 atom stereocenters. The van der Waals surface area contributed by atoms with Gasteiger partial charge in [-0.05, 0) is 25.1 Å². The highest BCUT2D eigenvalue weighted by Crippen LogP contribution is 2.24. The van der Waals surface area contributed by atoms with Crippen LogP contribution in [0, 0.1) is 0 Å². The molecule has 100 valence electrons. The number of hydrogen-bond acceptors (Lipinski definition) is 5. The van der Waals surface area contributed by atoms with Crippen molar-refractivity contribution in [2.45, 2.75) is 19.1 Å². The van der Waals surface area contributed by atoms with Crippen molar-refractivity contribution in [3.63, 3.8) is 0 Å². The number of benzene rings is 1. The Hall–Kier alpha value is -1.73. The largest absolute Gasteiger partial charge is 0.480 e. The predicted octanol–water partition coefficient (Wildman–Crippen LogP) is 1.64. The summed E-state index contributed by atoms with van der Waals surface area (Å²) in [6.45, 7) is 1.41. The van der Waals surface area contributed by atoms with Gasteiger partial charge >= 0.3 is 5.97 Å². The molecule has 0 aliphatic carbocycles. The van der Waals surface area contributed by atoms with Gasteiger partial charge in [-0.3, -0.25) is 0 Å². The van der Waals surface area contributed by atoms with Crippen molar-refractivity contribution in [2.75, 3.05) is 5.32 Å². The standard InChI is InChI=1S/C12H12BrN3O3/c1-6(17)10(12(18)19)16-11-8-4-7(13)2-3-9(8)14-5-15-11/h2-6,10,17H,1H3,(H,18,19)(H,14,15,16)/t6-,10-/m1/s1. The van der Waals surface area contributed by atoms with Gasteiger partial charge in [-0.1, -0.05) is 15.9 Å². The van der Waals surface area contributed by atoms with Gasteiger partial charge in [-0.15, -0.1) is 0 Å². The Morgan fingerprint density at radius 3 is 2.79 bits per heavy atom. The Labute approximate surface area is 117 Å². The van der Waals surface area contributed by atoms with Crippen molar-refractivity contribution in [3.05, 3.63) is 29.0 Å². The minimum absolute atomic E-state index is 0.375. The molecule has 0 saturated heterocycles. The highest BCUT2D eigenvalue weighted by molar-refractivity contribution is 9.10. The van der Waals surface area contributed by atoms with Crippen LogP contribution in [-0.4, -0.2) is 38.3 Å². The number of carboxylic acids is 1. The first-order valence-corrected chi connectivity index (χ1v) is 6.36. The molecule has 6 nitrogen and oxygen atoms in total. The van der Waals surface area contributed by atoms with E-state index in [0.29, 0.717) is 16.7 Å². The molecule has 0 bridgehead atoms. The number of carbonyl (C=O) groups is 1. The molecule has 1 aromatic heterocycles. The molecular weight excluding hydrogens is 314 g/mol. The molecule has 7 heteroatoms. The van der Waals surface area contributed by atoms with Crippen LogP contribution in [-0.2, 0) is 4.79 Å². The van der Waals surface area contributed by atoms with E-state index in [0.717, 1.165) is 4.47 Å². The van der Waals surface area contributed by atoms with E-state index in [-0.39, 0.29) is 0 Å². The molecule has 1 aromatic carbocycles. The molecule has 0 aliphatic rings. The second kappa shape index (κ2) is 5.50. The Kier molecular flexibility index (Phi) is 3.96. The average molecular weight is 326 g/mol. The second-order valence-corrected chi connectivity index (χ2v) is 5.00. The molecule has 2 aromatic rings. The molecule has 0 saturated carbocycles. The summed E-state index contributed by atoms with van der Waals surface area (Å²) in [6, 6.07) is 4.29. The lowest BCUT2D eigenvalue weighted by Gasteiger charge is -2.18. The van der Waals surface area contributed by atoms with Gasteiger partial charge in [0.2, 0.25) is 0 Å². The summed E-state index contributed by atoms with van der Waals surface area (Å²) in [5, 5.41) is 21.9. The monoisotopic (exact) mass is 325 g/mol. The fourth-order valence-corrected chi connectivity index (χ4v) is 2.04. The molecule has 19 heavy (non-hydrogen) atoms. The molecule has 0 unspecified atom stereocenters. The van der Waals surface area contributed by atoms with Crippen molar-refractivity contribution in [2.24, 2.45) is 0 Å². The number of nitrogens with zero attached hydrogens (tertiary/aromatic N) is 2. The maximum atomic E-state index is 11.1. The van der Waals surface area contributed by atoms with Crippen LogP contribution in [0.1, 0.15) is 6.92 Å². The van der Waals surface area contributed by atoms with Crippen molar-refractivity contribution >= 4 is 38.6 Å². The number of aliphatic hydroxyl groups is 1. The van der Waals surface area contributed by atoms with Crippen LogP contribution in [0.3, 0.4) is 0 Å². The molecular formula is C12H12BrN3O3. The number of anilines is 1. The quantitative estimate of drug-likeness (QED) is 0.791. The van der Waals surface area contributed by atoms with E-state index < -0.39 is 18.1 Å². The Morgan fingerprint density at radius 1 is 1.42 bits per heavy atom. The fourth-order valence-electron chi connectivity index (χ4n) is 1.68. The van der Waals surface area contributed by atoms with Crippen LogP contribution < -0.4 is 5.32 Å². The summed E-state index contributed by atoms with van der Waals surface area (Å²) in [5.41, 5.74) is 0.690. The zero-order valence-electron chi connectivity index (χ0n) is 10.0. The maximum absolute atomic E-state index is 11.1. The second-order valence-electron chi connectivity index (χ2n) is 4.08. The lowest BCUT2D eigenvalue weighted by molar-refractivity contribution is -0.140. The molecule has 3 N–H and O–H groups in total. The van der Waals surface area contributed by atoms with Crippen molar-refractivity contribution in [3.8, 4) is 0 Å². The van der Waals surface area contributed by atoms with E-state index in [1.807, 2.05) is 6.07 Å². The van der Waals surface area contributed by atoms with Crippen LogP contribution in [0.5, 0.6) is 0 Å². The molecule has 1 heterocycles. The summed E-state index contributed by atoms with van der Waals surface area (Å²) < 4.78 is 0.835. The van der Waals surface area contributed by atoms with Gasteiger partial charge < -0.3 is 15.5 Å². The number of carboxylic acid groups (broad SMARTS) is 1. The Balaban J connectivity index is 2.44. The van der Waals surface area contributed by atoms with Gasteiger partial charge in [0.1, 0.15) is 12.1 Å². The zero-order chi connectivity index (χ0) is 14.0. The summed E-state index contributed by atoms with van der Waals surface area (Å²) in [6.07, 6.45) is 0.300. The summed E-state index contributed by atoms with van der Waals surface area (Å²) in [4.78, 5) is 19.2. The van der Waals surface area contributed by atoms with Gasteiger partial charge in [0.15, 0.2) is 6.04 Å². The minimum atomic E-state index is -1.14. The van der Waals surface area contributed by atoms with E-state index in [2.05, 4.69) is 31.2 Å². The van der Waals surface area contributed by atoms with Crippen LogP contribution in [0.4, 0.5) is 5.82 Å². The normalized spacial score (nSPS) is 14.1. The number of rotatable bonds is 4.